The van der Waals surface area contributed by atoms with Crippen LogP contribution in [0.1, 0.15) is 39.9 Å². The predicted octanol–water partition coefficient (Wildman–Crippen LogP) is 1.94. The van der Waals surface area contributed by atoms with Crippen molar-refractivity contribution in [3.63, 3.8) is 0 Å². The first-order valence-corrected chi connectivity index (χ1v) is 12.7. The van der Waals surface area contributed by atoms with Crippen LogP contribution >= 0.6 is 0 Å². The van der Waals surface area contributed by atoms with Crippen molar-refractivity contribution in [2.24, 2.45) is 17.6 Å². The van der Waals surface area contributed by atoms with Gasteiger partial charge in [-0.25, -0.2) is 0 Å². The van der Waals surface area contributed by atoms with Crippen molar-refractivity contribution in [1.29, 1.82) is 0 Å². The number of aliphatic hydroxyl groups excluding tert-OH is 2. The third kappa shape index (κ3) is 4.07. The summed E-state index contributed by atoms with van der Waals surface area (Å²) in [6, 6.07) is 11.5. The van der Waals surface area contributed by atoms with Crippen LogP contribution in [0.5, 0.6) is 5.75 Å². The summed E-state index contributed by atoms with van der Waals surface area (Å²) >= 11 is 0. The zero-order chi connectivity index (χ0) is 28.2. The molecule has 3 aliphatic rings. The number of rotatable bonds is 6. The monoisotopic (exact) mass is 533 g/mol. The lowest BCUT2D eigenvalue weighted by molar-refractivity contribution is -0.144. The maximum Gasteiger partial charge on any atom is 0.255 e. The van der Waals surface area contributed by atoms with Gasteiger partial charge in [-0.2, -0.15) is 0 Å². The number of aliphatic hydroxyl groups is 3. The fraction of sp³-hybridized carbons (Fsp3) is 0.345. The summed E-state index contributed by atoms with van der Waals surface area (Å²) < 4.78 is 0. The maximum absolute atomic E-state index is 13.9. The highest BCUT2D eigenvalue weighted by Crippen LogP contribution is 2.52. The van der Waals surface area contributed by atoms with Crippen LogP contribution in [0.3, 0.4) is 0 Å². The van der Waals surface area contributed by atoms with Gasteiger partial charge in [-0.3, -0.25) is 14.4 Å². The molecule has 204 valence electrons. The molecule has 0 saturated heterocycles. The first-order chi connectivity index (χ1) is 18.5. The molecule has 0 aliphatic heterocycles. The fourth-order valence-corrected chi connectivity index (χ4v) is 6.19. The van der Waals surface area contributed by atoms with Gasteiger partial charge < -0.3 is 36.4 Å². The Balaban J connectivity index is 1.57. The number of hydrogen-bond acceptors (Lipinski definition) is 9. The number of benzene rings is 2. The Morgan fingerprint density at radius 1 is 1.10 bits per heavy atom. The van der Waals surface area contributed by atoms with Gasteiger partial charge in [-0.1, -0.05) is 30.3 Å². The molecule has 0 heterocycles. The molecule has 1 amide bonds. The van der Waals surface area contributed by atoms with Crippen molar-refractivity contribution in [2.75, 3.05) is 19.0 Å². The lowest BCUT2D eigenvalue weighted by Gasteiger charge is -2.46. The zero-order valence-electron chi connectivity index (χ0n) is 21.7. The number of nitrogens with zero attached hydrogens (tertiary/aromatic N) is 1. The summed E-state index contributed by atoms with van der Waals surface area (Å²) in [5.41, 5.74) is 4.58. The first kappa shape index (κ1) is 26.5. The molecule has 7 N–H and O–H groups in total. The number of allylic oxidation sites excluding steroid dienone is 2. The molecule has 0 bridgehead atoms. The number of amides is 1. The fourth-order valence-electron chi connectivity index (χ4n) is 6.19. The van der Waals surface area contributed by atoms with E-state index < -0.39 is 52.0 Å². The number of ketones is 2. The van der Waals surface area contributed by atoms with Crippen LogP contribution in [0.2, 0.25) is 0 Å². The van der Waals surface area contributed by atoms with E-state index in [-0.39, 0.29) is 42.7 Å². The van der Waals surface area contributed by atoms with Crippen LogP contribution in [0.4, 0.5) is 5.69 Å². The van der Waals surface area contributed by atoms with Crippen LogP contribution in [-0.2, 0) is 29.1 Å². The molecule has 0 fully saturated rings. The number of primary amides is 1. The van der Waals surface area contributed by atoms with E-state index in [4.69, 9.17) is 5.73 Å². The van der Waals surface area contributed by atoms with Crippen molar-refractivity contribution in [3.8, 4) is 5.75 Å². The van der Waals surface area contributed by atoms with Gasteiger partial charge in [-0.05, 0) is 36.0 Å². The average molecular weight is 534 g/mol. The lowest BCUT2D eigenvalue weighted by Crippen LogP contribution is -2.57. The summed E-state index contributed by atoms with van der Waals surface area (Å²) in [5.74, 6) is -6.33. The molecule has 2 unspecified atom stereocenters. The molecule has 5 rings (SSSR count). The number of nitrogens with one attached hydrogen (secondary N) is 1. The molecule has 10 heteroatoms. The summed E-state index contributed by atoms with van der Waals surface area (Å²) in [5, 5.41) is 47.5. The van der Waals surface area contributed by atoms with Gasteiger partial charge in [-0.15, -0.1) is 0 Å². The molecule has 3 atom stereocenters. The van der Waals surface area contributed by atoms with E-state index >= 15 is 0 Å². The van der Waals surface area contributed by atoms with Crippen LogP contribution < -0.4 is 16.0 Å². The Morgan fingerprint density at radius 2 is 1.79 bits per heavy atom. The molecule has 2 aromatic carbocycles. The number of anilines is 1. The third-order valence-corrected chi connectivity index (χ3v) is 8.09. The number of carbonyl (C=O) groups is 3. The number of Topliss-reactive ketones (excluding diaryl/α,β-unsaturated/α-hetero) is 2. The number of fused-ring (bicyclic) bond motifs is 3. The minimum Gasteiger partial charge on any atom is -0.511 e. The number of phenolic OH excluding ortho intramolecular Hbond substituents is 1. The second-order valence-electron chi connectivity index (χ2n) is 10.7. The number of carbonyl (C=O) groups excluding carboxylic acids is 3. The molecule has 39 heavy (non-hydrogen) atoms. The Labute approximate surface area is 225 Å². The van der Waals surface area contributed by atoms with E-state index in [9.17, 15) is 34.8 Å². The molecule has 0 spiro atoms. The van der Waals surface area contributed by atoms with E-state index in [1.807, 2.05) is 55.4 Å². The van der Waals surface area contributed by atoms with Crippen molar-refractivity contribution in [3.05, 3.63) is 81.3 Å². The quantitative estimate of drug-likeness (QED) is 0.303. The second-order valence-corrected chi connectivity index (χ2v) is 10.7. The molecule has 10 nitrogen and oxygen atoms in total. The molecule has 0 aromatic heterocycles. The van der Waals surface area contributed by atoms with Gasteiger partial charge in [0.25, 0.3) is 5.91 Å². The number of phenols is 1. The molecular formula is C29H31N3O7. The van der Waals surface area contributed by atoms with Crippen molar-refractivity contribution in [1.82, 2.24) is 5.32 Å². The van der Waals surface area contributed by atoms with E-state index in [1.165, 1.54) is 0 Å². The van der Waals surface area contributed by atoms with Crippen molar-refractivity contribution in [2.45, 2.75) is 38.0 Å². The van der Waals surface area contributed by atoms with Gasteiger partial charge in [0.05, 0.1) is 5.56 Å². The number of hydrogen-bond donors (Lipinski definition) is 6. The van der Waals surface area contributed by atoms with Crippen LogP contribution in [0.15, 0.2) is 59.1 Å². The van der Waals surface area contributed by atoms with Gasteiger partial charge in [0.1, 0.15) is 22.8 Å². The summed E-state index contributed by atoms with van der Waals surface area (Å²) in [7, 11) is 3.66. The molecule has 0 radical (unpaired) electrons. The topological polar surface area (TPSA) is 173 Å². The van der Waals surface area contributed by atoms with E-state index in [0.29, 0.717) is 17.7 Å². The van der Waals surface area contributed by atoms with Crippen LogP contribution in [0.25, 0.3) is 0 Å². The SMILES string of the molecule is CN(C)c1cc(CNCc2ccccc2)c(O)c2c1C[C@H]1CC3CC(O)=C(C(N)=O)C(=O)C3(O)C(O)=C1C2=O. The third-order valence-electron chi connectivity index (χ3n) is 8.09. The smallest absolute Gasteiger partial charge is 0.255 e. The second kappa shape index (κ2) is 9.55. The molecule has 2 aromatic rings. The standard InChI is InChI=1S/C29H31N3O7/c1-32(2)19-10-16(13-31-12-14-6-4-3-5-7-14)24(34)22-18(19)9-15-8-17-11-20(33)23(28(30)38)27(37)29(17,39)26(36)21(15)25(22)35/h3-7,10,15,17,31,33-34,36,39H,8-9,11-13H2,1-2H3,(H2,30,38)/t15-,17?,29?/m1/s1. The number of aromatic hydroxyl groups is 1. The summed E-state index contributed by atoms with van der Waals surface area (Å²) in [6.07, 6.45) is 0.0946. The number of nitrogens with two attached hydrogens (primary N) is 1. The minimum atomic E-state index is -2.58. The Morgan fingerprint density at radius 3 is 2.44 bits per heavy atom. The zero-order valence-corrected chi connectivity index (χ0v) is 21.7. The Hall–Kier alpha value is -4.15. The molecule has 0 saturated carbocycles. The first-order valence-electron chi connectivity index (χ1n) is 12.7. The Kier molecular flexibility index (Phi) is 6.48. The highest BCUT2D eigenvalue weighted by Gasteiger charge is 2.59. The minimum absolute atomic E-state index is 0.00864. The van der Waals surface area contributed by atoms with E-state index in [0.717, 1.165) is 11.3 Å². The highest BCUT2D eigenvalue weighted by atomic mass is 16.3. The Bertz CT molecular complexity index is 1460. The predicted molar refractivity (Wildman–Crippen MR) is 142 cm³/mol. The maximum atomic E-state index is 13.9. The van der Waals surface area contributed by atoms with Gasteiger partial charge in [0.15, 0.2) is 11.4 Å². The highest BCUT2D eigenvalue weighted by molar-refractivity contribution is 6.24. The van der Waals surface area contributed by atoms with Gasteiger partial charge >= 0.3 is 0 Å². The summed E-state index contributed by atoms with van der Waals surface area (Å²) in [4.78, 5) is 40.7. The van der Waals surface area contributed by atoms with E-state index in [2.05, 4.69) is 5.32 Å². The van der Waals surface area contributed by atoms with Crippen LogP contribution in [0, 0.1) is 11.8 Å². The molecule has 3 aliphatic carbocycles. The van der Waals surface area contributed by atoms with Crippen LogP contribution in [-0.4, -0.2) is 57.6 Å². The van der Waals surface area contributed by atoms with Gasteiger partial charge in [0, 0.05) is 56.3 Å². The molecular weight excluding hydrogens is 502 g/mol. The largest absolute Gasteiger partial charge is 0.511 e. The summed E-state index contributed by atoms with van der Waals surface area (Å²) in [6.45, 7) is 0.794. The normalized spacial score (nSPS) is 24.3. The van der Waals surface area contributed by atoms with Gasteiger partial charge in [0.2, 0.25) is 5.78 Å². The van der Waals surface area contributed by atoms with Crippen molar-refractivity contribution >= 4 is 23.2 Å². The van der Waals surface area contributed by atoms with Crippen molar-refractivity contribution < 1.29 is 34.8 Å². The van der Waals surface area contributed by atoms with E-state index in [1.54, 1.807) is 0 Å². The lowest BCUT2D eigenvalue weighted by atomic mass is 9.60. The average Bonchev–Trinajstić information content (AvgIpc) is 2.87.